The van der Waals surface area contributed by atoms with Crippen LogP contribution in [0.2, 0.25) is 5.02 Å². The number of nitrogens with zero attached hydrogens (tertiary/aromatic N) is 2. The standard InChI is InChI=1S/C16H10ClF3N2.CH3NO2/c17-12-8-6-11(7-9-12)14-10-15(16(18,19)20)21-22(14)13-4-2-1-3-5-13;2-1(3)4/h1-10H;2H2,(H,3,4). The minimum Gasteiger partial charge on any atom is -0.465 e. The van der Waals surface area contributed by atoms with E-state index < -0.39 is 18.0 Å². The lowest BCUT2D eigenvalue weighted by Gasteiger charge is -2.07. The first-order valence-corrected chi connectivity index (χ1v) is 7.53. The molecule has 3 aromatic rings. The molecule has 0 unspecified atom stereocenters. The summed E-state index contributed by atoms with van der Waals surface area (Å²) in [6.45, 7) is 0. The van der Waals surface area contributed by atoms with E-state index in [-0.39, 0.29) is 0 Å². The number of primary amides is 1. The lowest BCUT2D eigenvalue weighted by molar-refractivity contribution is -0.141. The Bertz CT molecular complexity index is 875. The molecule has 0 saturated heterocycles. The van der Waals surface area contributed by atoms with Crippen molar-refractivity contribution in [3.8, 4) is 16.9 Å². The zero-order valence-corrected chi connectivity index (χ0v) is 13.9. The lowest BCUT2D eigenvalue weighted by atomic mass is 10.1. The molecule has 9 heteroatoms. The second-order valence-corrected chi connectivity index (χ2v) is 5.44. The maximum atomic E-state index is 13.0. The van der Waals surface area contributed by atoms with Crippen LogP contribution < -0.4 is 5.73 Å². The number of nitrogens with two attached hydrogens (primary N) is 1. The number of para-hydroxylation sites is 1. The fraction of sp³-hybridized carbons (Fsp3) is 0.0588. The highest BCUT2D eigenvalue weighted by molar-refractivity contribution is 6.30. The average molecular weight is 384 g/mol. The molecule has 0 aliphatic carbocycles. The van der Waals surface area contributed by atoms with Crippen LogP contribution in [0.5, 0.6) is 0 Å². The summed E-state index contributed by atoms with van der Waals surface area (Å²) in [6, 6.07) is 16.3. The molecular weight excluding hydrogens is 371 g/mol. The van der Waals surface area contributed by atoms with Crippen LogP contribution in [0, 0.1) is 0 Å². The molecule has 0 atom stereocenters. The van der Waals surface area contributed by atoms with Crippen molar-refractivity contribution in [2.45, 2.75) is 6.18 Å². The number of hydrogen-bond donors (Lipinski definition) is 2. The quantitative estimate of drug-likeness (QED) is 0.664. The van der Waals surface area contributed by atoms with Crippen LogP contribution in [-0.2, 0) is 6.18 Å². The van der Waals surface area contributed by atoms with Gasteiger partial charge in [0.05, 0.1) is 11.4 Å². The van der Waals surface area contributed by atoms with Crippen LogP contribution >= 0.6 is 11.6 Å². The largest absolute Gasteiger partial charge is 0.465 e. The molecule has 0 aliphatic rings. The predicted octanol–water partition coefficient (Wildman–Crippen LogP) is 4.83. The van der Waals surface area contributed by atoms with Gasteiger partial charge in [0, 0.05) is 10.6 Å². The molecule has 0 spiro atoms. The molecule has 0 aliphatic heterocycles. The van der Waals surface area contributed by atoms with Crippen LogP contribution in [0.15, 0.2) is 60.7 Å². The van der Waals surface area contributed by atoms with Crippen LogP contribution in [0.25, 0.3) is 16.9 Å². The molecule has 1 aromatic heterocycles. The molecular formula is C17H13ClF3N3O2. The topological polar surface area (TPSA) is 81.1 Å². The van der Waals surface area contributed by atoms with Crippen molar-refractivity contribution >= 4 is 17.7 Å². The fourth-order valence-electron chi connectivity index (χ4n) is 2.11. The van der Waals surface area contributed by atoms with Crippen molar-refractivity contribution in [1.29, 1.82) is 0 Å². The summed E-state index contributed by atoms with van der Waals surface area (Å²) < 4.78 is 40.2. The van der Waals surface area contributed by atoms with Crippen molar-refractivity contribution in [3.63, 3.8) is 0 Å². The Balaban J connectivity index is 0.000000552. The Labute approximate surface area is 151 Å². The van der Waals surface area contributed by atoms with Crippen LogP contribution in [-0.4, -0.2) is 21.0 Å². The normalized spacial score (nSPS) is 10.8. The number of carbonyl (C=O) groups is 1. The Kier molecular flexibility index (Phi) is 5.89. The Morgan fingerprint density at radius 2 is 1.62 bits per heavy atom. The summed E-state index contributed by atoms with van der Waals surface area (Å²) in [7, 11) is 0. The number of halogens is 4. The molecule has 0 radical (unpaired) electrons. The number of hydrogen-bond acceptors (Lipinski definition) is 2. The van der Waals surface area contributed by atoms with E-state index in [0.29, 0.717) is 22.0 Å². The van der Waals surface area contributed by atoms with Crippen LogP contribution in [0.3, 0.4) is 0 Å². The Morgan fingerprint density at radius 3 is 2.12 bits per heavy atom. The molecule has 26 heavy (non-hydrogen) atoms. The molecule has 0 bridgehead atoms. The lowest BCUT2D eigenvalue weighted by Crippen LogP contribution is -2.07. The zero-order valence-electron chi connectivity index (χ0n) is 13.1. The van der Waals surface area contributed by atoms with Crippen LogP contribution in [0.4, 0.5) is 18.0 Å². The van der Waals surface area contributed by atoms with Gasteiger partial charge in [0.15, 0.2) is 5.69 Å². The molecule has 0 fully saturated rings. The zero-order chi connectivity index (χ0) is 19.3. The number of benzene rings is 2. The van der Waals surface area contributed by atoms with E-state index >= 15 is 0 Å². The van der Waals surface area contributed by atoms with Crippen molar-refractivity contribution in [2.75, 3.05) is 0 Å². The van der Waals surface area contributed by atoms with Gasteiger partial charge in [-0.3, -0.25) is 0 Å². The van der Waals surface area contributed by atoms with Crippen molar-refractivity contribution in [3.05, 3.63) is 71.4 Å². The second-order valence-electron chi connectivity index (χ2n) is 5.01. The minimum absolute atomic E-state index is 0.357. The molecule has 1 amide bonds. The van der Waals surface area contributed by atoms with Gasteiger partial charge in [-0.05, 0) is 30.3 Å². The van der Waals surface area contributed by atoms with Gasteiger partial charge in [-0.2, -0.15) is 18.3 Å². The van der Waals surface area contributed by atoms with Gasteiger partial charge in [0.1, 0.15) is 0 Å². The van der Waals surface area contributed by atoms with Gasteiger partial charge >= 0.3 is 12.3 Å². The molecule has 2 aromatic carbocycles. The molecule has 0 saturated carbocycles. The maximum Gasteiger partial charge on any atom is 0.435 e. The summed E-state index contributed by atoms with van der Waals surface area (Å²) in [5.74, 6) is 0. The first kappa shape index (κ1) is 19.3. The monoisotopic (exact) mass is 383 g/mol. The number of aromatic nitrogens is 2. The van der Waals surface area contributed by atoms with Gasteiger partial charge in [-0.1, -0.05) is 41.9 Å². The highest BCUT2D eigenvalue weighted by Crippen LogP contribution is 2.33. The second kappa shape index (κ2) is 7.92. The van der Waals surface area contributed by atoms with E-state index in [1.807, 2.05) is 0 Å². The highest BCUT2D eigenvalue weighted by atomic mass is 35.5. The van der Waals surface area contributed by atoms with E-state index in [1.54, 1.807) is 54.6 Å². The summed E-state index contributed by atoms with van der Waals surface area (Å²) in [5.41, 5.74) is 4.62. The number of rotatable bonds is 2. The van der Waals surface area contributed by atoms with Crippen molar-refractivity contribution in [1.82, 2.24) is 9.78 Å². The first-order valence-electron chi connectivity index (χ1n) is 7.15. The number of carboxylic acid groups (broad SMARTS) is 1. The van der Waals surface area contributed by atoms with Gasteiger partial charge < -0.3 is 10.8 Å². The maximum absolute atomic E-state index is 13.0. The van der Waals surface area contributed by atoms with E-state index in [4.69, 9.17) is 21.5 Å². The third-order valence-corrected chi connectivity index (χ3v) is 3.39. The summed E-state index contributed by atoms with van der Waals surface area (Å²) in [4.78, 5) is 8.78. The average Bonchev–Trinajstić information content (AvgIpc) is 3.01. The van der Waals surface area contributed by atoms with Gasteiger partial charge in [-0.15, -0.1) is 0 Å². The minimum atomic E-state index is -4.50. The van der Waals surface area contributed by atoms with Crippen molar-refractivity contribution < 1.29 is 23.1 Å². The molecule has 3 rings (SSSR count). The first-order chi connectivity index (χ1) is 12.2. The Morgan fingerprint density at radius 1 is 1.08 bits per heavy atom. The van der Waals surface area contributed by atoms with Gasteiger partial charge in [0.2, 0.25) is 0 Å². The third kappa shape index (κ3) is 5.00. The van der Waals surface area contributed by atoms with E-state index in [9.17, 15) is 13.2 Å². The third-order valence-electron chi connectivity index (χ3n) is 3.14. The number of alkyl halides is 3. The van der Waals surface area contributed by atoms with Gasteiger partial charge in [0.25, 0.3) is 0 Å². The smallest absolute Gasteiger partial charge is 0.435 e. The molecule has 5 nitrogen and oxygen atoms in total. The van der Waals surface area contributed by atoms with Gasteiger partial charge in [-0.25, -0.2) is 9.48 Å². The summed E-state index contributed by atoms with van der Waals surface area (Å²) >= 11 is 5.83. The Hall–Kier alpha value is -3.00. The predicted molar refractivity (Wildman–Crippen MR) is 91.2 cm³/mol. The fourth-order valence-corrected chi connectivity index (χ4v) is 2.24. The number of amides is 1. The van der Waals surface area contributed by atoms with Crippen LogP contribution in [0.1, 0.15) is 5.69 Å². The SMILES string of the molecule is FC(F)(F)c1cc(-c2ccc(Cl)cc2)n(-c2ccccc2)n1.NC(=O)O. The van der Waals surface area contributed by atoms with E-state index in [0.717, 1.165) is 6.07 Å². The van der Waals surface area contributed by atoms with E-state index in [1.165, 1.54) is 4.68 Å². The van der Waals surface area contributed by atoms with Crippen molar-refractivity contribution in [2.24, 2.45) is 5.73 Å². The summed E-state index contributed by atoms with van der Waals surface area (Å²) in [6.07, 6.45) is -5.83. The highest BCUT2D eigenvalue weighted by Gasteiger charge is 2.35. The summed E-state index contributed by atoms with van der Waals surface area (Å²) in [5, 5.41) is 11.4. The van der Waals surface area contributed by atoms with E-state index in [2.05, 4.69) is 10.8 Å². The molecule has 3 N–H and O–H groups in total. The molecule has 1 heterocycles. The molecule has 136 valence electrons.